The Morgan fingerprint density at radius 1 is 1.24 bits per heavy atom. The van der Waals surface area contributed by atoms with Gasteiger partial charge in [-0.1, -0.05) is 11.6 Å². The van der Waals surface area contributed by atoms with Crippen LogP contribution in [-0.2, 0) is 10.0 Å². The quantitative estimate of drug-likeness (QED) is 0.872. The smallest absolute Gasteiger partial charge is 0.258 e. The Kier molecular flexibility index (Phi) is 4.85. The number of nitrogens with one attached hydrogen (secondary N) is 2. The van der Waals surface area contributed by atoms with Crippen molar-refractivity contribution in [2.75, 3.05) is 26.2 Å². The van der Waals surface area contributed by atoms with Gasteiger partial charge < -0.3 is 10.3 Å². The Hall–Kier alpha value is -0.790. The van der Waals surface area contributed by atoms with Crippen molar-refractivity contribution in [3.05, 3.63) is 28.8 Å². The fraction of sp³-hybridized carbons (Fsp3) is 0.385. The van der Waals surface area contributed by atoms with E-state index in [4.69, 9.17) is 11.6 Å². The number of fused-ring (bicyclic) bond motifs is 1. The minimum absolute atomic E-state index is 0. The van der Waals surface area contributed by atoms with Gasteiger partial charge in [-0.3, -0.25) is 0 Å². The van der Waals surface area contributed by atoms with Crippen LogP contribution in [0, 0.1) is 6.92 Å². The number of hydrogen-bond acceptors (Lipinski definition) is 3. The summed E-state index contributed by atoms with van der Waals surface area (Å²) in [5.74, 6) is 0. The molecule has 0 spiro atoms. The number of halogens is 2. The predicted octanol–water partition coefficient (Wildman–Crippen LogP) is 2.15. The van der Waals surface area contributed by atoms with Crippen LogP contribution in [-0.4, -0.2) is 43.9 Å². The van der Waals surface area contributed by atoms with Gasteiger partial charge in [0.1, 0.15) is 0 Å². The van der Waals surface area contributed by atoms with E-state index in [0.29, 0.717) is 31.2 Å². The van der Waals surface area contributed by atoms with E-state index in [9.17, 15) is 8.42 Å². The minimum Gasteiger partial charge on any atom is -0.344 e. The lowest BCUT2D eigenvalue weighted by molar-refractivity contribution is 0.359. The average molecular weight is 350 g/mol. The average Bonchev–Trinajstić information content (AvgIpc) is 2.78. The molecular weight excluding hydrogens is 333 g/mol. The highest BCUT2D eigenvalue weighted by Crippen LogP contribution is 2.29. The first-order valence-electron chi connectivity index (χ1n) is 6.49. The molecule has 0 saturated carbocycles. The summed E-state index contributed by atoms with van der Waals surface area (Å²) in [5, 5.41) is 4.88. The number of sulfonamides is 1. The summed E-state index contributed by atoms with van der Waals surface area (Å²) in [6, 6.07) is 5.35. The molecule has 0 unspecified atom stereocenters. The molecule has 3 rings (SSSR count). The van der Waals surface area contributed by atoms with Crippen LogP contribution in [0.3, 0.4) is 0 Å². The van der Waals surface area contributed by atoms with E-state index in [1.165, 1.54) is 4.31 Å². The first-order chi connectivity index (χ1) is 9.50. The monoisotopic (exact) mass is 349 g/mol. The van der Waals surface area contributed by atoms with Gasteiger partial charge in [-0.15, -0.1) is 12.4 Å². The number of H-pyrrole nitrogens is 1. The first kappa shape index (κ1) is 16.6. The van der Waals surface area contributed by atoms with Crippen molar-refractivity contribution in [3.8, 4) is 0 Å². The Balaban J connectivity index is 0.00000161. The van der Waals surface area contributed by atoms with Gasteiger partial charge in [-0.25, -0.2) is 8.42 Å². The summed E-state index contributed by atoms with van der Waals surface area (Å²) in [4.78, 5) is 3.02. The number of aromatic nitrogens is 1. The van der Waals surface area contributed by atoms with Crippen molar-refractivity contribution in [1.82, 2.24) is 14.6 Å². The van der Waals surface area contributed by atoms with Gasteiger partial charge in [0.05, 0.1) is 0 Å². The summed E-state index contributed by atoms with van der Waals surface area (Å²) in [6.07, 6.45) is 0. The minimum atomic E-state index is -3.47. The highest BCUT2D eigenvalue weighted by molar-refractivity contribution is 7.89. The number of nitrogens with zero attached hydrogens (tertiary/aromatic N) is 1. The third-order valence-electron chi connectivity index (χ3n) is 3.65. The number of piperazine rings is 1. The lowest BCUT2D eigenvalue weighted by Crippen LogP contribution is -2.46. The maximum Gasteiger partial charge on any atom is 0.258 e. The van der Waals surface area contributed by atoms with E-state index in [1.54, 1.807) is 18.2 Å². The van der Waals surface area contributed by atoms with Gasteiger partial charge in [0.25, 0.3) is 10.0 Å². The van der Waals surface area contributed by atoms with Gasteiger partial charge in [0.15, 0.2) is 5.03 Å². The fourth-order valence-corrected chi connectivity index (χ4v) is 4.38. The van der Waals surface area contributed by atoms with Crippen molar-refractivity contribution < 1.29 is 8.42 Å². The normalized spacial score (nSPS) is 16.9. The van der Waals surface area contributed by atoms with Crippen molar-refractivity contribution >= 4 is 44.9 Å². The second-order valence-electron chi connectivity index (χ2n) is 4.92. The zero-order valence-electron chi connectivity index (χ0n) is 11.5. The van der Waals surface area contributed by atoms with Crippen LogP contribution in [0.2, 0.25) is 5.02 Å². The molecule has 1 aromatic heterocycles. The van der Waals surface area contributed by atoms with E-state index in [2.05, 4.69) is 10.3 Å². The Bertz CT molecular complexity index is 752. The number of aromatic amines is 1. The summed E-state index contributed by atoms with van der Waals surface area (Å²) < 4.78 is 26.9. The van der Waals surface area contributed by atoms with Crippen LogP contribution in [0.15, 0.2) is 23.2 Å². The van der Waals surface area contributed by atoms with Crippen LogP contribution in [0.5, 0.6) is 0 Å². The number of aryl methyl sites for hydroxylation is 1. The molecule has 1 aliphatic heterocycles. The van der Waals surface area contributed by atoms with Crippen LogP contribution in [0.1, 0.15) is 5.56 Å². The van der Waals surface area contributed by atoms with E-state index in [0.717, 1.165) is 16.5 Å². The predicted molar refractivity (Wildman–Crippen MR) is 86.9 cm³/mol. The Morgan fingerprint density at radius 2 is 1.90 bits per heavy atom. The number of hydrogen-bond donors (Lipinski definition) is 2. The third-order valence-corrected chi connectivity index (χ3v) is 5.85. The molecule has 21 heavy (non-hydrogen) atoms. The van der Waals surface area contributed by atoms with Gasteiger partial charge in [-0.2, -0.15) is 4.31 Å². The molecule has 0 atom stereocenters. The molecule has 1 aliphatic rings. The molecule has 5 nitrogen and oxygen atoms in total. The fourth-order valence-electron chi connectivity index (χ4n) is 2.55. The standard InChI is InChI=1S/C13H16ClN3O2S.ClH/c1-9-11-8-10(14)2-3-12(11)16-13(9)20(18,19)17-6-4-15-5-7-17;/h2-3,8,15-16H,4-7H2,1H3;1H. The van der Waals surface area contributed by atoms with Crippen LogP contribution in [0.25, 0.3) is 10.9 Å². The molecule has 2 heterocycles. The zero-order chi connectivity index (χ0) is 14.3. The molecule has 1 fully saturated rings. The summed E-state index contributed by atoms with van der Waals surface area (Å²) in [5.41, 5.74) is 1.52. The van der Waals surface area contributed by atoms with Crippen molar-refractivity contribution in [2.24, 2.45) is 0 Å². The molecule has 1 saturated heterocycles. The Morgan fingerprint density at radius 3 is 2.57 bits per heavy atom. The second-order valence-corrected chi connectivity index (χ2v) is 7.23. The number of rotatable bonds is 2. The summed E-state index contributed by atoms with van der Waals surface area (Å²) in [6.45, 7) is 4.18. The van der Waals surface area contributed by atoms with E-state index in [1.807, 2.05) is 6.92 Å². The lowest BCUT2D eigenvalue weighted by Gasteiger charge is -2.26. The van der Waals surface area contributed by atoms with Gasteiger partial charge in [0.2, 0.25) is 0 Å². The molecule has 8 heteroatoms. The second kappa shape index (κ2) is 6.14. The molecule has 116 valence electrons. The SMILES string of the molecule is Cc1c(S(=O)(=O)N2CCNCC2)[nH]c2ccc(Cl)cc12.Cl. The van der Waals surface area contributed by atoms with E-state index >= 15 is 0 Å². The molecule has 0 aliphatic carbocycles. The molecule has 2 aromatic rings. The van der Waals surface area contributed by atoms with Gasteiger partial charge in [-0.05, 0) is 30.7 Å². The maximum atomic E-state index is 12.7. The largest absolute Gasteiger partial charge is 0.344 e. The molecule has 0 bridgehead atoms. The van der Waals surface area contributed by atoms with Crippen molar-refractivity contribution in [2.45, 2.75) is 11.9 Å². The van der Waals surface area contributed by atoms with Crippen LogP contribution >= 0.6 is 24.0 Å². The molecule has 1 aromatic carbocycles. The maximum absolute atomic E-state index is 12.7. The number of benzene rings is 1. The summed E-state index contributed by atoms with van der Waals surface area (Å²) in [7, 11) is -3.47. The van der Waals surface area contributed by atoms with E-state index < -0.39 is 10.0 Å². The highest BCUT2D eigenvalue weighted by atomic mass is 35.5. The highest BCUT2D eigenvalue weighted by Gasteiger charge is 2.29. The topological polar surface area (TPSA) is 65.2 Å². The first-order valence-corrected chi connectivity index (χ1v) is 8.30. The molecule has 0 amide bonds. The lowest BCUT2D eigenvalue weighted by atomic mass is 10.2. The van der Waals surface area contributed by atoms with Crippen molar-refractivity contribution in [3.63, 3.8) is 0 Å². The van der Waals surface area contributed by atoms with Crippen LogP contribution in [0.4, 0.5) is 0 Å². The summed E-state index contributed by atoms with van der Waals surface area (Å²) >= 11 is 5.98. The van der Waals surface area contributed by atoms with Crippen LogP contribution < -0.4 is 5.32 Å². The molecule has 2 N–H and O–H groups in total. The third kappa shape index (κ3) is 2.91. The zero-order valence-corrected chi connectivity index (χ0v) is 13.9. The van der Waals surface area contributed by atoms with Gasteiger partial charge >= 0.3 is 0 Å². The Labute approximate surface area is 135 Å². The van der Waals surface area contributed by atoms with Crippen molar-refractivity contribution in [1.29, 1.82) is 0 Å². The molecular formula is C13H17Cl2N3O2S. The van der Waals surface area contributed by atoms with E-state index in [-0.39, 0.29) is 17.4 Å². The molecule has 0 radical (unpaired) electrons. The van der Waals surface area contributed by atoms with Gasteiger partial charge in [0, 0.05) is 42.1 Å².